The molecule has 1 aromatic rings. The van der Waals surface area contributed by atoms with Crippen LogP contribution in [0.1, 0.15) is 44.6 Å². The average molecular weight is 422 g/mol. The summed E-state index contributed by atoms with van der Waals surface area (Å²) in [6.45, 7) is 3.23. The lowest BCUT2D eigenvalue weighted by Gasteiger charge is -2.14. The maximum Gasteiger partial charge on any atom is 0.305 e. The van der Waals surface area contributed by atoms with E-state index in [1.54, 1.807) is 4.90 Å². The lowest BCUT2D eigenvalue weighted by Crippen LogP contribution is -2.29. The van der Waals surface area contributed by atoms with Crippen molar-refractivity contribution >= 4 is 46.3 Å². The van der Waals surface area contributed by atoms with Crippen LogP contribution in [0.5, 0.6) is 11.5 Å². The fourth-order valence-corrected chi connectivity index (χ4v) is 4.16. The second kappa shape index (κ2) is 9.93. The summed E-state index contributed by atoms with van der Waals surface area (Å²) in [4.78, 5) is 26.4. The number of esters is 1. The van der Waals surface area contributed by atoms with E-state index in [-0.39, 0.29) is 18.7 Å². The Bertz CT molecular complexity index is 793. The molecule has 0 spiro atoms. The molecule has 150 valence electrons. The molecule has 2 aliphatic rings. The first kappa shape index (κ1) is 20.7. The molecule has 1 aromatic carbocycles. The Hall–Kier alpha value is -2.06. The van der Waals surface area contributed by atoms with E-state index in [4.69, 9.17) is 26.4 Å². The number of carbonyl (C=O) groups is 2. The number of ether oxygens (including phenoxy) is 3. The van der Waals surface area contributed by atoms with Gasteiger partial charge in [-0.1, -0.05) is 43.4 Å². The van der Waals surface area contributed by atoms with Crippen LogP contribution in [-0.2, 0) is 14.3 Å². The summed E-state index contributed by atoms with van der Waals surface area (Å²) < 4.78 is 16.3. The lowest BCUT2D eigenvalue weighted by atomic mass is 10.1. The van der Waals surface area contributed by atoms with Crippen molar-refractivity contribution in [3.05, 3.63) is 28.7 Å². The molecular formula is C20H23NO5S2. The topological polar surface area (TPSA) is 65.1 Å². The standard InChI is InChI=1S/C20H23NO5S2/c1-2-10-24-18(22)6-4-3-5-9-21-19(23)17(28-20(21)27)12-14-7-8-15-16(11-14)26-13-25-15/h7-8,11-12H,2-6,9-10,13H2,1H3. The molecule has 8 heteroatoms. The summed E-state index contributed by atoms with van der Waals surface area (Å²) in [6.07, 6.45) is 5.47. The zero-order valence-corrected chi connectivity index (χ0v) is 17.4. The van der Waals surface area contributed by atoms with Gasteiger partial charge in [-0.2, -0.15) is 0 Å². The van der Waals surface area contributed by atoms with Crippen LogP contribution >= 0.6 is 24.0 Å². The van der Waals surface area contributed by atoms with E-state index in [9.17, 15) is 9.59 Å². The molecule has 2 heterocycles. The molecule has 0 atom stereocenters. The van der Waals surface area contributed by atoms with Gasteiger partial charge in [-0.3, -0.25) is 14.5 Å². The van der Waals surface area contributed by atoms with Crippen molar-refractivity contribution < 1.29 is 23.8 Å². The highest BCUT2D eigenvalue weighted by Crippen LogP contribution is 2.36. The Morgan fingerprint density at radius 2 is 2.11 bits per heavy atom. The smallest absolute Gasteiger partial charge is 0.305 e. The fraction of sp³-hybridized carbons (Fsp3) is 0.450. The van der Waals surface area contributed by atoms with Crippen LogP contribution in [0.25, 0.3) is 6.08 Å². The number of amides is 1. The van der Waals surface area contributed by atoms with Gasteiger partial charge in [0.15, 0.2) is 11.5 Å². The van der Waals surface area contributed by atoms with Gasteiger partial charge in [-0.25, -0.2) is 0 Å². The third kappa shape index (κ3) is 5.26. The quantitative estimate of drug-likeness (QED) is 0.257. The van der Waals surface area contributed by atoms with Crippen molar-refractivity contribution in [3.63, 3.8) is 0 Å². The number of fused-ring (bicyclic) bond motifs is 1. The average Bonchev–Trinajstić information content (AvgIpc) is 3.25. The Labute approximate surface area is 174 Å². The number of hydrogen-bond acceptors (Lipinski definition) is 7. The van der Waals surface area contributed by atoms with Crippen molar-refractivity contribution in [1.82, 2.24) is 4.90 Å². The molecule has 0 aromatic heterocycles. The number of unbranched alkanes of at least 4 members (excludes halogenated alkanes) is 2. The molecule has 0 radical (unpaired) electrons. The minimum absolute atomic E-state index is 0.0741. The van der Waals surface area contributed by atoms with Crippen LogP contribution in [0.15, 0.2) is 23.1 Å². The summed E-state index contributed by atoms with van der Waals surface area (Å²) in [7, 11) is 0. The Balaban J connectivity index is 1.48. The van der Waals surface area contributed by atoms with Gasteiger partial charge in [0.25, 0.3) is 5.91 Å². The number of thioether (sulfide) groups is 1. The lowest BCUT2D eigenvalue weighted by molar-refractivity contribution is -0.143. The minimum atomic E-state index is -0.154. The van der Waals surface area contributed by atoms with Crippen molar-refractivity contribution in [3.8, 4) is 11.5 Å². The van der Waals surface area contributed by atoms with E-state index in [0.717, 1.165) is 31.2 Å². The summed E-state index contributed by atoms with van der Waals surface area (Å²) in [5.41, 5.74) is 0.871. The van der Waals surface area contributed by atoms with Crippen LogP contribution < -0.4 is 9.47 Å². The Kier molecular flexibility index (Phi) is 7.33. The molecule has 0 bridgehead atoms. The van der Waals surface area contributed by atoms with E-state index in [1.807, 2.05) is 31.2 Å². The first-order valence-electron chi connectivity index (χ1n) is 9.39. The highest BCUT2D eigenvalue weighted by Gasteiger charge is 2.31. The SMILES string of the molecule is CCCOC(=O)CCCCCN1C(=O)C(=Cc2ccc3c(c2)OCO3)SC1=S. The van der Waals surface area contributed by atoms with Crippen LogP contribution in [0.4, 0.5) is 0 Å². The maximum absolute atomic E-state index is 12.7. The Morgan fingerprint density at radius 1 is 1.29 bits per heavy atom. The van der Waals surface area contributed by atoms with Gasteiger partial charge in [-0.05, 0) is 43.0 Å². The third-order valence-electron chi connectivity index (χ3n) is 4.30. The van der Waals surface area contributed by atoms with Crippen molar-refractivity contribution in [2.24, 2.45) is 0 Å². The molecule has 1 amide bonds. The van der Waals surface area contributed by atoms with Crippen LogP contribution in [0, 0.1) is 0 Å². The number of thiocarbonyl (C=S) groups is 1. The van der Waals surface area contributed by atoms with E-state index in [1.165, 1.54) is 11.8 Å². The summed E-state index contributed by atoms with van der Waals surface area (Å²) in [5, 5.41) is 0. The second-order valence-electron chi connectivity index (χ2n) is 6.48. The van der Waals surface area contributed by atoms with Gasteiger partial charge in [0, 0.05) is 13.0 Å². The molecule has 6 nitrogen and oxygen atoms in total. The van der Waals surface area contributed by atoms with Crippen LogP contribution in [0.2, 0.25) is 0 Å². The predicted octanol–water partition coefficient (Wildman–Crippen LogP) is 4.13. The molecule has 0 aliphatic carbocycles. The largest absolute Gasteiger partial charge is 0.466 e. The van der Waals surface area contributed by atoms with E-state index in [2.05, 4.69) is 0 Å². The van der Waals surface area contributed by atoms with Gasteiger partial charge < -0.3 is 14.2 Å². The van der Waals surface area contributed by atoms with Gasteiger partial charge in [0.05, 0.1) is 11.5 Å². The van der Waals surface area contributed by atoms with Crippen molar-refractivity contribution in [2.75, 3.05) is 19.9 Å². The van der Waals surface area contributed by atoms with E-state index < -0.39 is 0 Å². The molecule has 28 heavy (non-hydrogen) atoms. The summed E-state index contributed by atoms with van der Waals surface area (Å²) >= 11 is 6.68. The molecule has 0 saturated carbocycles. The van der Waals surface area contributed by atoms with Crippen LogP contribution in [0.3, 0.4) is 0 Å². The van der Waals surface area contributed by atoms with Crippen LogP contribution in [-0.4, -0.2) is 41.0 Å². The molecule has 1 fully saturated rings. The highest BCUT2D eigenvalue weighted by molar-refractivity contribution is 8.26. The number of carbonyl (C=O) groups excluding carboxylic acids is 2. The normalized spacial score (nSPS) is 16.9. The Morgan fingerprint density at radius 3 is 2.93 bits per heavy atom. The number of benzene rings is 1. The number of nitrogens with zero attached hydrogens (tertiary/aromatic N) is 1. The molecule has 1 saturated heterocycles. The fourth-order valence-electron chi connectivity index (χ4n) is 2.85. The zero-order chi connectivity index (χ0) is 19.9. The molecule has 2 aliphatic heterocycles. The number of hydrogen-bond donors (Lipinski definition) is 0. The number of rotatable bonds is 9. The third-order valence-corrected chi connectivity index (χ3v) is 5.68. The van der Waals surface area contributed by atoms with E-state index in [0.29, 0.717) is 40.3 Å². The van der Waals surface area contributed by atoms with Crippen molar-refractivity contribution in [2.45, 2.75) is 39.0 Å². The maximum atomic E-state index is 12.7. The zero-order valence-electron chi connectivity index (χ0n) is 15.8. The summed E-state index contributed by atoms with van der Waals surface area (Å²) in [6, 6.07) is 5.57. The molecule has 0 unspecified atom stereocenters. The highest BCUT2D eigenvalue weighted by atomic mass is 32.2. The van der Waals surface area contributed by atoms with Gasteiger partial charge in [0.2, 0.25) is 6.79 Å². The van der Waals surface area contributed by atoms with Crippen molar-refractivity contribution in [1.29, 1.82) is 0 Å². The molecular weight excluding hydrogens is 398 g/mol. The minimum Gasteiger partial charge on any atom is -0.466 e. The molecule has 0 N–H and O–H groups in total. The molecule has 3 rings (SSSR count). The predicted molar refractivity (Wildman–Crippen MR) is 112 cm³/mol. The van der Waals surface area contributed by atoms with E-state index >= 15 is 0 Å². The van der Waals surface area contributed by atoms with Gasteiger partial charge in [0.1, 0.15) is 4.32 Å². The first-order valence-corrected chi connectivity index (χ1v) is 10.6. The van der Waals surface area contributed by atoms with Gasteiger partial charge >= 0.3 is 5.97 Å². The monoisotopic (exact) mass is 421 g/mol. The summed E-state index contributed by atoms with van der Waals surface area (Å²) in [5.74, 6) is 1.17. The van der Waals surface area contributed by atoms with Gasteiger partial charge in [-0.15, -0.1) is 0 Å². The first-order chi connectivity index (χ1) is 13.6. The second-order valence-corrected chi connectivity index (χ2v) is 8.15.